The SMILES string of the molecule is CC1SC(c2ccc([N+](=O)[O-])cc2)N(c2ccc(N=Nc3ccc(Cl)cc3)cc2C(=O)O)C1=O. The first kappa shape index (κ1) is 23.4. The van der Waals surface area contributed by atoms with Gasteiger partial charge in [-0.1, -0.05) is 11.6 Å². The van der Waals surface area contributed by atoms with Crippen molar-refractivity contribution < 1.29 is 19.6 Å². The molecular formula is C23H17ClN4O5S. The number of non-ortho nitro benzene ring substituents is 1. The van der Waals surface area contributed by atoms with Crippen LogP contribution in [0.3, 0.4) is 0 Å². The van der Waals surface area contributed by atoms with E-state index in [0.717, 1.165) is 0 Å². The number of carboxylic acid groups (broad SMARTS) is 1. The van der Waals surface area contributed by atoms with Crippen molar-refractivity contribution in [3.05, 3.63) is 93.0 Å². The molecule has 0 bridgehead atoms. The Morgan fingerprint density at radius 2 is 1.68 bits per heavy atom. The summed E-state index contributed by atoms with van der Waals surface area (Å²) in [6, 6.07) is 17.0. The van der Waals surface area contributed by atoms with E-state index in [1.54, 1.807) is 49.4 Å². The number of hydrogen-bond acceptors (Lipinski definition) is 7. The van der Waals surface area contributed by atoms with Crippen LogP contribution >= 0.6 is 23.4 Å². The molecule has 0 saturated carbocycles. The van der Waals surface area contributed by atoms with Gasteiger partial charge in [-0.3, -0.25) is 19.8 Å². The van der Waals surface area contributed by atoms with E-state index in [4.69, 9.17) is 11.6 Å². The molecule has 3 aromatic carbocycles. The minimum atomic E-state index is -1.22. The Kier molecular flexibility index (Phi) is 6.62. The van der Waals surface area contributed by atoms with E-state index in [9.17, 15) is 24.8 Å². The Hall–Kier alpha value is -3.76. The number of anilines is 1. The highest BCUT2D eigenvalue weighted by atomic mass is 35.5. The average Bonchev–Trinajstić information content (AvgIpc) is 3.12. The van der Waals surface area contributed by atoms with Crippen molar-refractivity contribution >= 4 is 58.0 Å². The standard InChI is InChI=1S/C23H17ClN4O5S/c1-13-21(29)27(22(34-13)14-2-9-18(10-3-14)28(32)33)20-11-8-17(12-19(20)23(30)31)26-25-16-6-4-15(24)5-7-16/h2-13,22H,1H3,(H,30,31). The summed E-state index contributed by atoms with van der Waals surface area (Å²) in [7, 11) is 0. The second kappa shape index (κ2) is 9.62. The highest BCUT2D eigenvalue weighted by Gasteiger charge is 2.41. The molecule has 0 aliphatic carbocycles. The van der Waals surface area contributed by atoms with Crippen molar-refractivity contribution in [1.29, 1.82) is 0 Å². The summed E-state index contributed by atoms with van der Waals surface area (Å²) in [6.07, 6.45) is 0. The number of azo groups is 1. The van der Waals surface area contributed by atoms with Gasteiger partial charge in [-0.05, 0) is 67.1 Å². The van der Waals surface area contributed by atoms with E-state index in [1.807, 2.05) is 0 Å². The zero-order chi connectivity index (χ0) is 24.4. The van der Waals surface area contributed by atoms with Crippen molar-refractivity contribution in [2.45, 2.75) is 17.5 Å². The van der Waals surface area contributed by atoms with Gasteiger partial charge in [0.15, 0.2) is 0 Å². The van der Waals surface area contributed by atoms with Gasteiger partial charge in [0, 0.05) is 17.2 Å². The van der Waals surface area contributed by atoms with E-state index in [1.165, 1.54) is 40.9 Å². The number of carboxylic acids is 1. The molecule has 9 nitrogen and oxygen atoms in total. The van der Waals surface area contributed by atoms with E-state index in [-0.39, 0.29) is 22.8 Å². The number of aromatic carboxylic acids is 1. The van der Waals surface area contributed by atoms with Crippen LogP contribution in [0.2, 0.25) is 5.02 Å². The van der Waals surface area contributed by atoms with Gasteiger partial charge in [0.05, 0.1) is 32.8 Å². The van der Waals surface area contributed by atoms with Gasteiger partial charge in [-0.2, -0.15) is 10.2 Å². The van der Waals surface area contributed by atoms with Gasteiger partial charge in [0.1, 0.15) is 5.37 Å². The van der Waals surface area contributed by atoms with E-state index >= 15 is 0 Å². The lowest BCUT2D eigenvalue weighted by Gasteiger charge is -2.25. The first-order valence-corrected chi connectivity index (χ1v) is 11.3. The number of nitro groups is 1. The fourth-order valence-corrected chi connectivity index (χ4v) is 4.84. The molecule has 2 atom stereocenters. The number of nitro benzene ring substituents is 1. The van der Waals surface area contributed by atoms with Gasteiger partial charge in [0.25, 0.3) is 5.69 Å². The van der Waals surface area contributed by atoms with Crippen molar-refractivity contribution in [3.8, 4) is 0 Å². The van der Waals surface area contributed by atoms with Crippen LogP contribution in [0.15, 0.2) is 77.0 Å². The lowest BCUT2D eigenvalue weighted by Crippen LogP contribution is -2.31. The van der Waals surface area contributed by atoms with Crippen LogP contribution in [0.5, 0.6) is 0 Å². The summed E-state index contributed by atoms with van der Waals surface area (Å²) in [4.78, 5) is 37.0. The highest BCUT2D eigenvalue weighted by Crippen LogP contribution is 2.47. The molecular weight excluding hydrogens is 480 g/mol. The zero-order valence-corrected chi connectivity index (χ0v) is 19.2. The van der Waals surface area contributed by atoms with Crippen molar-refractivity contribution in [2.75, 3.05) is 4.90 Å². The quantitative estimate of drug-likeness (QED) is 0.235. The third-order valence-electron chi connectivity index (χ3n) is 5.12. The summed E-state index contributed by atoms with van der Waals surface area (Å²) in [5.41, 5.74) is 1.53. The smallest absolute Gasteiger partial charge is 0.337 e. The Morgan fingerprint density at radius 3 is 2.29 bits per heavy atom. The van der Waals surface area contributed by atoms with Crippen LogP contribution < -0.4 is 4.90 Å². The third kappa shape index (κ3) is 4.78. The minimum Gasteiger partial charge on any atom is -0.478 e. The monoisotopic (exact) mass is 496 g/mol. The topological polar surface area (TPSA) is 125 Å². The minimum absolute atomic E-state index is 0.0701. The largest absolute Gasteiger partial charge is 0.478 e. The normalized spacial score (nSPS) is 17.9. The molecule has 4 rings (SSSR count). The number of hydrogen-bond donors (Lipinski definition) is 1. The molecule has 34 heavy (non-hydrogen) atoms. The van der Waals surface area contributed by atoms with Crippen LogP contribution in [0.25, 0.3) is 0 Å². The molecule has 0 spiro atoms. The summed E-state index contributed by atoms with van der Waals surface area (Å²) in [5, 5.41) is 28.6. The number of nitrogens with zero attached hydrogens (tertiary/aromatic N) is 4. The Morgan fingerprint density at radius 1 is 1.06 bits per heavy atom. The molecule has 1 fully saturated rings. The van der Waals surface area contributed by atoms with Gasteiger partial charge in [-0.15, -0.1) is 11.8 Å². The Balaban J connectivity index is 1.70. The third-order valence-corrected chi connectivity index (χ3v) is 6.72. The van der Waals surface area contributed by atoms with Crippen molar-refractivity contribution in [3.63, 3.8) is 0 Å². The summed E-state index contributed by atoms with van der Waals surface area (Å²) in [5.74, 6) is -1.48. The summed E-state index contributed by atoms with van der Waals surface area (Å²) in [6.45, 7) is 1.74. The first-order chi connectivity index (χ1) is 16.2. The average molecular weight is 497 g/mol. The fourth-order valence-electron chi connectivity index (χ4n) is 3.45. The van der Waals surface area contributed by atoms with E-state index in [2.05, 4.69) is 10.2 Å². The zero-order valence-electron chi connectivity index (χ0n) is 17.7. The first-order valence-electron chi connectivity index (χ1n) is 10.0. The number of amides is 1. The molecule has 0 aromatic heterocycles. The van der Waals surface area contributed by atoms with Crippen LogP contribution in [0.4, 0.5) is 22.7 Å². The van der Waals surface area contributed by atoms with Crippen LogP contribution in [-0.2, 0) is 4.79 Å². The molecule has 2 unspecified atom stereocenters. The van der Waals surface area contributed by atoms with E-state index in [0.29, 0.717) is 22.0 Å². The predicted molar refractivity (Wildman–Crippen MR) is 129 cm³/mol. The van der Waals surface area contributed by atoms with Crippen LogP contribution in [0.1, 0.15) is 28.2 Å². The maximum absolute atomic E-state index is 13.0. The number of benzene rings is 3. The second-order valence-corrected chi connectivity index (χ2v) is 9.23. The van der Waals surface area contributed by atoms with E-state index < -0.39 is 21.5 Å². The number of carbonyl (C=O) groups excluding carboxylic acids is 1. The maximum Gasteiger partial charge on any atom is 0.337 e. The molecule has 1 N–H and O–H groups in total. The molecule has 0 radical (unpaired) electrons. The molecule has 1 amide bonds. The molecule has 1 heterocycles. The summed E-state index contributed by atoms with van der Waals surface area (Å²) < 4.78 is 0. The summed E-state index contributed by atoms with van der Waals surface area (Å²) >= 11 is 7.20. The van der Waals surface area contributed by atoms with Crippen LogP contribution in [-0.4, -0.2) is 27.2 Å². The molecule has 3 aromatic rings. The fraction of sp³-hybridized carbons (Fsp3) is 0.130. The predicted octanol–water partition coefficient (Wildman–Crippen LogP) is 6.53. The molecule has 1 saturated heterocycles. The Labute approximate surface area is 203 Å². The number of halogens is 1. The van der Waals surface area contributed by atoms with Crippen molar-refractivity contribution in [2.24, 2.45) is 10.2 Å². The van der Waals surface area contributed by atoms with Gasteiger partial charge in [0.2, 0.25) is 5.91 Å². The molecule has 172 valence electrons. The molecule has 11 heteroatoms. The molecule has 1 aliphatic heterocycles. The highest BCUT2D eigenvalue weighted by molar-refractivity contribution is 8.01. The van der Waals surface area contributed by atoms with Gasteiger partial charge >= 0.3 is 5.97 Å². The van der Waals surface area contributed by atoms with Crippen LogP contribution in [0, 0.1) is 10.1 Å². The second-order valence-electron chi connectivity index (χ2n) is 7.37. The molecule has 1 aliphatic rings. The van der Waals surface area contributed by atoms with Gasteiger partial charge in [-0.25, -0.2) is 4.79 Å². The number of carbonyl (C=O) groups is 2. The van der Waals surface area contributed by atoms with Gasteiger partial charge < -0.3 is 5.11 Å². The maximum atomic E-state index is 13.0. The Bertz CT molecular complexity index is 1300. The lowest BCUT2D eigenvalue weighted by atomic mass is 10.1. The number of rotatable bonds is 6. The number of thioether (sulfide) groups is 1. The van der Waals surface area contributed by atoms with Crippen molar-refractivity contribution in [1.82, 2.24) is 0 Å². The lowest BCUT2D eigenvalue weighted by molar-refractivity contribution is -0.384.